The van der Waals surface area contributed by atoms with Crippen molar-refractivity contribution in [1.29, 1.82) is 0 Å². The van der Waals surface area contributed by atoms with E-state index >= 15 is 0 Å². The summed E-state index contributed by atoms with van der Waals surface area (Å²) in [6.45, 7) is 2.23. The lowest BCUT2D eigenvalue weighted by atomic mass is 10.2. The smallest absolute Gasteiger partial charge is 0.238 e. The Labute approximate surface area is 112 Å². The van der Waals surface area contributed by atoms with E-state index in [4.69, 9.17) is 5.14 Å². The zero-order chi connectivity index (χ0) is 13.9. The van der Waals surface area contributed by atoms with Crippen molar-refractivity contribution in [2.75, 3.05) is 5.32 Å². The van der Waals surface area contributed by atoms with Crippen LogP contribution in [0.1, 0.15) is 11.3 Å². The number of pyridine rings is 1. The van der Waals surface area contributed by atoms with Crippen molar-refractivity contribution in [3.8, 4) is 0 Å². The third-order valence-electron chi connectivity index (χ3n) is 2.69. The maximum absolute atomic E-state index is 11.4. The van der Waals surface area contributed by atoms with Gasteiger partial charge in [-0.15, -0.1) is 0 Å². The van der Waals surface area contributed by atoms with Crippen LogP contribution in [-0.2, 0) is 16.6 Å². The number of nitrogens with two attached hydrogens (primary N) is 1. The van der Waals surface area contributed by atoms with Crippen LogP contribution in [0.3, 0.4) is 0 Å². The van der Waals surface area contributed by atoms with Gasteiger partial charge in [-0.2, -0.15) is 0 Å². The SMILES string of the molecule is Cc1ccc(NCc2ccccn2)cc1S(N)(=O)=O. The topological polar surface area (TPSA) is 85.1 Å². The number of primary sulfonamides is 1. The minimum atomic E-state index is -3.69. The maximum Gasteiger partial charge on any atom is 0.238 e. The highest BCUT2D eigenvalue weighted by Gasteiger charge is 2.11. The summed E-state index contributed by atoms with van der Waals surface area (Å²) >= 11 is 0. The zero-order valence-corrected chi connectivity index (χ0v) is 11.3. The lowest BCUT2D eigenvalue weighted by Crippen LogP contribution is -2.14. The number of hydrogen-bond donors (Lipinski definition) is 2. The highest BCUT2D eigenvalue weighted by molar-refractivity contribution is 7.89. The molecular formula is C13H15N3O2S. The molecule has 6 heteroatoms. The van der Waals surface area contributed by atoms with Crippen molar-refractivity contribution in [2.45, 2.75) is 18.4 Å². The molecule has 0 fully saturated rings. The molecule has 0 aliphatic heterocycles. The number of aryl methyl sites for hydroxylation is 1. The van der Waals surface area contributed by atoms with Crippen LogP contribution in [0.5, 0.6) is 0 Å². The Bertz CT molecular complexity index is 670. The van der Waals surface area contributed by atoms with Crippen molar-refractivity contribution in [1.82, 2.24) is 4.98 Å². The number of anilines is 1. The molecule has 1 aromatic carbocycles. The van der Waals surface area contributed by atoms with Crippen LogP contribution in [0.2, 0.25) is 0 Å². The molecular weight excluding hydrogens is 262 g/mol. The molecule has 0 aliphatic rings. The number of benzene rings is 1. The van der Waals surface area contributed by atoms with E-state index in [2.05, 4.69) is 10.3 Å². The first-order valence-electron chi connectivity index (χ1n) is 5.74. The Kier molecular flexibility index (Phi) is 3.82. The average Bonchev–Trinajstić information content (AvgIpc) is 2.37. The molecule has 0 saturated carbocycles. The van der Waals surface area contributed by atoms with Gasteiger partial charge in [0.2, 0.25) is 10.0 Å². The molecule has 0 saturated heterocycles. The molecule has 0 amide bonds. The van der Waals surface area contributed by atoms with E-state index in [0.717, 1.165) is 5.69 Å². The first-order chi connectivity index (χ1) is 8.97. The zero-order valence-electron chi connectivity index (χ0n) is 10.5. The highest BCUT2D eigenvalue weighted by atomic mass is 32.2. The van der Waals surface area contributed by atoms with Crippen LogP contribution < -0.4 is 10.5 Å². The van der Waals surface area contributed by atoms with E-state index in [-0.39, 0.29) is 4.90 Å². The summed E-state index contributed by atoms with van der Waals surface area (Å²) in [5.41, 5.74) is 2.20. The molecule has 0 atom stereocenters. The van der Waals surface area contributed by atoms with Gasteiger partial charge in [-0.05, 0) is 36.8 Å². The highest BCUT2D eigenvalue weighted by Crippen LogP contribution is 2.19. The summed E-state index contributed by atoms with van der Waals surface area (Å²) in [5.74, 6) is 0. The van der Waals surface area contributed by atoms with Crippen molar-refractivity contribution < 1.29 is 8.42 Å². The molecule has 5 nitrogen and oxygen atoms in total. The Balaban J connectivity index is 2.18. The lowest BCUT2D eigenvalue weighted by Gasteiger charge is -2.09. The third kappa shape index (κ3) is 3.52. The predicted octanol–water partition coefficient (Wildman–Crippen LogP) is 1.65. The summed E-state index contributed by atoms with van der Waals surface area (Å²) in [6.07, 6.45) is 1.71. The largest absolute Gasteiger partial charge is 0.379 e. The quantitative estimate of drug-likeness (QED) is 0.889. The van der Waals surface area contributed by atoms with Gasteiger partial charge in [-0.1, -0.05) is 12.1 Å². The van der Waals surface area contributed by atoms with Crippen molar-refractivity contribution in [2.24, 2.45) is 5.14 Å². The minimum absolute atomic E-state index is 0.138. The van der Waals surface area contributed by atoms with Crippen LogP contribution in [-0.4, -0.2) is 13.4 Å². The summed E-state index contributed by atoms with van der Waals surface area (Å²) in [4.78, 5) is 4.31. The summed E-state index contributed by atoms with van der Waals surface area (Å²) in [6, 6.07) is 10.7. The number of nitrogens with one attached hydrogen (secondary N) is 1. The average molecular weight is 277 g/mol. The minimum Gasteiger partial charge on any atom is -0.379 e. The van der Waals surface area contributed by atoms with Crippen LogP contribution >= 0.6 is 0 Å². The van der Waals surface area contributed by atoms with E-state index in [9.17, 15) is 8.42 Å². The second-order valence-electron chi connectivity index (χ2n) is 4.20. The molecule has 3 N–H and O–H groups in total. The second kappa shape index (κ2) is 5.38. The standard InChI is InChI=1S/C13H15N3O2S/c1-10-5-6-11(8-13(10)19(14,17)18)16-9-12-4-2-3-7-15-12/h2-8,16H,9H2,1H3,(H2,14,17,18). The first-order valence-corrected chi connectivity index (χ1v) is 7.29. The first kappa shape index (κ1) is 13.5. The molecule has 19 heavy (non-hydrogen) atoms. The summed E-state index contributed by atoms with van der Waals surface area (Å²) < 4.78 is 22.8. The molecule has 0 radical (unpaired) electrons. The van der Waals surface area contributed by atoms with Gasteiger partial charge in [0.15, 0.2) is 0 Å². The third-order valence-corrected chi connectivity index (χ3v) is 3.75. The van der Waals surface area contributed by atoms with Gasteiger partial charge in [0, 0.05) is 11.9 Å². The molecule has 2 aromatic rings. The predicted molar refractivity (Wildman–Crippen MR) is 74.1 cm³/mol. The van der Waals surface area contributed by atoms with Gasteiger partial charge < -0.3 is 5.32 Å². The van der Waals surface area contributed by atoms with Crippen LogP contribution in [0.25, 0.3) is 0 Å². The Hall–Kier alpha value is -1.92. The monoisotopic (exact) mass is 277 g/mol. The van der Waals surface area contributed by atoms with E-state index in [1.165, 1.54) is 6.07 Å². The van der Waals surface area contributed by atoms with Gasteiger partial charge in [-0.3, -0.25) is 4.98 Å². The molecule has 1 heterocycles. The number of sulfonamides is 1. The van der Waals surface area contributed by atoms with Crippen LogP contribution in [0.15, 0.2) is 47.5 Å². The Morgan fingerprint density at radius 1 is 1.26 bits per heavy atom. The Morgan fingerprint density at radius 2 is 2.05 bits per heavy atom. The van der Waals surface area contributed by atoms with E-state index < -0.39 is 10.0 Å². The van der Waals surface area contributed by atoms with Gasteiger partial charge >= 0.3 is 0 Å². The van der Waals surface area contributed by atoms with Gasteiger partial charge in [0.1, 0.15) is 0 Å². The fourth-order valence-electron chi connectivity index (χ4n) is 1.71. The van der Waals surface area contributed by atoms with Crippen molar-refractivity contribution in [3.63, 3.8) is 0 Å². The molecule has 100 valence electrons. The molecule has 0 bridgehead atoms. The fraction of sp³-hybridized carbons (Fsp3) is 0.154. The van der Waals surface area contributed by atoms with Crippen LogP contribution in [0.4, 0.5) is 5.69 Å². The Morgan fingerprint density at radius 3 is 2.68 bits per heavy atom. The van der Waals surface area contributed by atoms with Gasteiger partial charge in [0.05, 0.1) is 17.1 Å². The molecule has 0 aliphatic carbocycles. The normalized spacial score (nSPS) is 11.3. The summed E-state index contributed by atoms with van der Waals surface area (Å²) in [5, 5.41) is 8.28. The van der Waals surface area contributed by atoms with Crippen LogP contribution in [0, 0.1) is 6.92 Å². The fourth-order valence-corrected chi connectivity index (χ4v) is 2.52. The number of nitrogens with zero attached hydrogens (tertiary/aromatic N) is 1. The van der Waals surface area contributed by atoms with E-state index in [0.29, 0.717) is 17.8 Å². The summed E-state index contributed by atoms with van der Waals surface area (Å²) in [7, 11) is -3.69. The number of hydrogen-bond acceptors (Lipinski definition) is 4. The van der Waals surface area contributed by atoms with Gasteiger partial charge in [-0.25, -0.2) is 13.6 Å². The molecule has 0 spiro atoms. The van der Waals surface area contributed by atoms with Crippen molar-refractivity contribution in [3.05, 3.63) is 53.9 Å². The number of rotatable bonds is 4. The lowest BCUT2D eigenvalue weighted by molar-refractivity contribution is 0.597. The molecule has 1 aromatic heterocycles. The molecule has 0 unspecified atom stereocenters. The van der Waals surface area contributed by atoms with E-state index in [1.807, 2.05) is 24.3 Å². The second-order valence-corrected chi connectivity index (χ2v) is 5.73. The maximum atomic E-state index is 11.4. The van der Waals surface area contributed by atoms with Gasteiger partial charge in [0.25, 0.3) is 0 Å². The van der Waals surface area contributed by atoms with Crippen molar-refractivity contribution >= 4 is 15.7 Å². The molecule has 2 rings (SSSR count). The number of aromatic nitrogens is 1. The van der Waals surface area contributed by atoms with E-state index in [1.54, 1.807) is 19.2 Å².